The van der Waals surface area contributed by atoms with Crippen LogP contribution in [0, 0.1) is 0 Å². The molecule has 0 aliphatic carbocycles. The van der Waals surface area contributed by atoms with Gasteiger partial charge in [0, 0.05) is 13.2 Å². The van der Waals surface area contributed by atoms with Crippen molar-refractivity contribution in [2.75, 3.05) is 13.7 Å². The minimum absolute atomic E-state index is 0.0556. The maximum atomic E-state index is 5.61. The molecule has 0 saturated carbocycles. The molecule has 0 fully saturated rings. The van der Waals surface area contributed by atoms with E-state index in [1.165, 1.54) is 44.9 Å². The number of ether oxygens (including phenoxy) is 1. The fraction of sp³-hybridized carbons (Fsp3) is 1.00. The van der Waals surface area contributed by atoms with Crippen LogP contribution in [0.1, 0.15) is 72.6 Å². The Morgan fingerprint density at radius 2 is 1.65 bits per heavy atom. The van der Waals surface area contributed by atoms with Crippen molar-refractivity contribution in [1.82, 2.24) is 5.32 Å². The highest BCUT2D eigenvalue weighted by Crippen LogP contribution is 2.19. The van der Waals surface area contributed by atoms with E-state index in [4.69, 9.17) is 4.74 Å². The quantitative estimate of drug-likeness (QED) is 0.551. The summed E-state index contributed by atoms with van der Waals surface area (Å²) < 4.78 is 5.61. The van der Waals surface area contributed by atoms with Crippen molar-refractivity contribution in [2.45, 2.75) is 84.3 Å². The zero-order valence-corrected chi connectivity index (χ0v) is 12.6. The monoisotopic (exact) mass is 243 g/mol. The first-order valence-corrected chi connectivity index (χ1v) is 7.37. The molecule has 0 aromatic rings. The summed E-state index contributed by atoms with van der Waals surface area (Å²) in [5, 5.41) is 3.63. The molecule has 0 amide bonds. The number of nitrogens with one attached hydrogen (secondary N) is 1. The van der Waals surface area contributed by atoms with Gasteiger partial charge in [-0.3, -0.25) is 0 Å². The van der Waals surface area contributed by atoms with Crippen LogP contribution in [0.4, 0.5) is 0 Å². The van der Waals surface area contributed by atoms with Crippen LogP contribution in [0.5, 0.6) is 0 Å². The van der Waals surface area contributed by atoms with Gasteiger partial charge in [0.15, 0.2) is 0 Å². The highest BCUT2D eigenvalue weighted by molar-refractivity contribution is 4.85. The molecule has 0 aromatic carbocycles. The van der Waals surface area contributed by atoms with Gasteiger partial charge in [-0.2, -0.15) is 0 Å². The van der Waals surface area contributed by atoms with Gasteiger partial charge in [-0.05, 0) is 33.2 Å². The Kier molecular flexibility index (Phi) is 9.85. The third-order valence-electron chi connectivity index (χ3n) is 3.60. The van der Waals surface area contributed by atoms with E-state index in [-0.39, 0.29) is 5.60 Å². The topological polar surface area (TPSA) is 21.3 Å². The Labute approximate surface area is 109 Å². The molecule has 0 bridgehead atoms. The van der Waals surface area contributed by atoms with Crippen LogP contribution in [0.15, 0.2) is 0 Å². The van der Waals surface area contributed by atoms with Crippen molar-refractivity contribution < 1.29 is 4.74 Å². The molecule has 0 aliphatic heterocycles. The lowest BCUT2D eigenvalue weighted by molar-refractivity contribution is -0.0131. The summed E-state index contributed by atoms with van der Waals surface area (Å²) in [6.07, 6.45) is 9.16. The Hall–Kier alpha value is -0.0800. The van der Waals surface area contributed by atoms with Crippen LogP contribution < -0.4 is 5.32 Å². The Morgan fingerprint density at radius 1 is 1.00 bits per heavy atom. The van der Waals surface area contributed by atoms with Crippen molar-refractivity contribution in [2.24, 2.45) is 0 Å². The summed E-state index contributed by atoms with van der Waals surface area (Å²) in [5.74, 6) is 0. The summed E-state index contributed by atoms with van der Waals surface area (Å²) in [5.41, 5.74) is -0.0556. The van der Waals surface area contributed by atoms with E-state index in [0.717, 1.165) is 6.54 Å². The van der Waals surface area contributed by atoms with Crippen molar-refractivity contribution in [3.8, 4) is 0 Å². The highest BCUT2D eigenvalue weighted by Gasteiger charge is 2.27. The van der Waals surface area contributed by atoms with E-state index in [9.17, 15) is 0 Å². The standard InChI is InChI=1S/C15H33NO/c1-6-8-9-10-11-12-14(16-13-7-2)15(3,4)17-5/h14,16H,6-13H2,1-5H3. The second kappa shape index (κ2) is 9.90. The van der Waals surface area contributed by atoms with Gasteiger partial charge in [0.1, 0.15) is 0 Å². The molecule has 0 radical (unpaired) electrons. The number of methoxy groups -OCH3 is 1. The predicted octanol–water partition coefficient (Wildman–Crippen LogP) is 4.14. The molecule has 104 valence electrons. The normalized spacial score (nSPS) is 13.9. The first-order chi connectivity index (χ1) is 8.08. The van der Waals surface area contributed by atoms with Gasteiger partial charge in [-0.15, -0.1) is 0 Å². The first kappa shape index (κ1) is 16.9. The zero-order valence-electron chi connectivity index (χ0n) is 12.6. The molecule has 0 aliphatic rings. The second-order valence-corrected chi connectivity index (χ2v) is 5.52. The minimum Gasteiger partial charge on any atom is -0.377 e. The van der Waals surface area contributed by atoms with Gasteiger partial charge in [-0.1, -0.05) is 46.0 Å². The fourth-order valence-electron chi connectivity index (χ4n) is 2.11. The van der Waals surface area contributed by atoms with Crippen LogP contribution in [-0.2, 0) is 4.74 Å². The van der Waals surface area contributed by atoms with Crippen molar-refractivity contribution in [1.29, 1.82) is 0 Å². The molecule has 0 heterocycles. The summed E-state index contributed by atoms with van der Waals surface area (Å²) in [6, 6.07) is 0.481. The lowest BCUT2D eigenvalue weighted by Crippen LogP contribution is -2.48. The molecule has 1 N–H and O–H groups in total. The lowest BCUT2D eigenvalue weighted by atomic mass is 9.93. The summed E-state index contributed by atoms with van der Waals surface area (Å²) >= 11 is 0. The van der Waals surface area contributed by atoms with Crippen molar-refractivity contribution in [3.05, 3.63) is 0 Å². The zero-order chi connectivity index (χ0) is 13.1. The van der Waals surface area contributed by atoms with Gasteiger partial charge in [-0.25, -0.2) is 0 Å². The largest absolute Gasteiger partial charge is 0.377 e. The molecule has 0 aromatic heterocycles. The third kappa shape index (κ3) is 7.77. The van der Waals surface area contributed by atoms with Gasteiger partial charge >= 0.3 is 0 Å². The third-order valence-corrected chi connectivity index (χ3v) is 3.60. The van der Waals surface area contributed by atoms with Gasteiger partial charge in [0.2, 0.25) is 0 Å². The number of rotatable bonds is 11. The molecule has 17 heavy (non-hydrogen) atoms. The van der Waals surface area contributed by atoms with E-state index < -0.39 is 0 Å². The van der Waals surface area contributed by atoms with Crippen LogP contribution in [0.25, 0.3) is 0 Å². The molecule has 2 heteroatoms. The van der Waals surface area contributed by atoms with Crippen LogP contribution in [0.2, 0.25) is 0 Å². The fourth-order valence-corrected chi connectivity index (χ4v) is 2.11. The van der Waals surface area contributed by atoms with Gasteiger partial charge < -0.3 is 10.1 Å². The Balaban J connectivity index is 3.93. The van der Waals surface area contributed by atoms with E-state index in [0.29, 0.717) is 6.04 Å². The highest BCUT2D eigenvalue weighted by atomic mass is 16.5. The summed E-state index contributed by atoms with van der Waals surface area (Å²) in [4.78, 5) is 0. The second-order valence-electron chi connectivity index (χ2n) is 5.52. The SMILES string of the molecule is CCCCCCCC(NCCC)C(C)(C)OC. The minimum atomic E-state index is -0.0556. The molecule has 0 spiro atoms. The van der Waals surface area contributed by atoms with Gasteiger partial charge in [0.05, 0.1) is 5.60 Å². The molecule has 0 saturated heterocycles. The average Bonchev–Trinajstić information content (AvgIpc) is 2.32. The molecular formula is C15H33NO. The average molecular weight is 243 g/mol. The molecule has 0 rings (SSSR count). The Bertz CT molecular complexity index is 168. The molecule has 1 unspecified atom stereocenters. The van der Waals surface area contributed by atoms with Crippen LogP contribution in [-0.4, -0.2) is 25.3 Å². The lowest BCUT2D eigenvalue weighted by Gasteiger charge is -2.34. The summed E-state index contributed by atoms with van der Waals surface area (Å²) in [7, 11) is 1.82. The van der Waals surface area contributed by atoms with Crippen LogP contribution >= 0.6 is 0 Å². The number of unbranched alkanes of at least 4 members (excludes halogenated alkanes) is 4. The van der Waals surface area contributed by atoms with Crippen molar-refractivity contribution in [3.63, 3.8) is 0 Å². The maximum absolute atomic E-state index is 5.61. The van der Waals surface area contributed by atoms with Crippen LogP contribution in [0.3, 0.4) is 0 Å². The van der Waals surface area contributed by atoms with Crippen molar-refractivity contribution >= 4 is 0 Å². The summed E-state index contributed by atoms with van der Waals surface area (Å²) in [6.45, 7) is 9.94. The van der Waals surface area contributed by atoms with Gasteiger partial charge in [0.25, 0.3) is 0 Å². The number of hydrogen-bond acceptors (Lipinski definition) is 2. The van der Waals surface area contributed by atoms with E-state index in [1.54, 1.807) is 0 Å². The van der Waals surface area contributed by atoms with E-state index in [2.05, 4.69) is 33.0 Å². The molecule has 1 atom stereocenters. The first-order valence-electron chi connectivity index (χ1n) is 7.37. The Morgan fingerprint density at radius 3 is 2.18 bits per heavy atom. The van der Waals surface area contributed by atoms with E-state index >= 15 is 0 Å². The number of hydrogen-bond donors (Lipinski definition) is 1. The molecular weight excluding hydrogens is 210 g/mol. The predicted molar refractivity (Wildman–Crippen MR) is 76.5 cm³/mol. The smallest absolute Gasteiger partial charge is 0.0774 e. The van der Waals surface area contributed by atoms with E-state index in [1.807, 2.05) is 7.11 Å². The molecule has 2 nitrogen and oxygen atoms in total. The maximum Gasteiger partial charge on any atom is 0.0774 e.